The van der Waals surface area contributed by atoms with E-state index < -0.39 is 11.8 Å². The fourth-order valence-electron chi connectivity index (χ4n) is 3.86. The highest BCUT2D eigenvalue weighted by Crippen LogP contribution is 2.36. The van der Waals surface area contributed by atoms with E-state index in [1.807, 2.05) is 36.4 Å². The summed E-state index contributed by atoms with van der Waals surface area (Å²) in [4.78, 5) is 18.2. The highest BCUT2D eigenvalue weighted by Gasteiger charge is 2.27. The molecule has 0 bridgehead atoms. The van der Waals surface area contributed by atoms with Crippen molar-refractivity contribution in [3.05, 3.63) is 89.0 Å². The molecule has 0 radical (unpaired) electrons. The molecule has 0 fully saturated rings. The zero-order valence-electron chi connectivity index (χ0n) is 16.6. The van der Waals surface area contributed by atoms with Crippen molar-refractivity contribution in [3.8, 4) is 0 Å². The number of esters is 1. The van der Waals surface area contributed by atoms with Crippen LogP contribution >= 0.6 is 0 Å². The number of carbonyl (C=O) groups excluding carboxylic acids is 1. The first-order valence-corrected chi connectivity index (χ1v) is 9.71. The van der Waals surface area contributed by atoms with Gasteiger partial charge in [-0.05, 0) is 47.5 Å². The van der Waals surface area contributed by atoms with Gasteiger partial charge in [0.15, 0.2) is 5.82 Å². The second-order valence-corrected chi connectivity index (χ2v) is 7.24. The lowest BCUT2D eigenvalue weighted by molar-refractivity contribution is 0.0595. The Morgan fingerprint density at radius 1 is 1.23 bits per heavy atom. The van der Waals surface area contributed by atoms with Crippen molar-refractivity contribution in [3.63, 3.8) is 0 Å². The van der Waals surface area contributed by atoms with Crippen molar-refractivity contribution in [1.29, 1.82) is 0 Å². The van der Waals surface area contributed by atoms with E-state index >= 15 is 0 Å². The molecule has 1 aliphatic heterocycles. The third-order valence-corrected chi connectivity index (χ3v) is 5.38. The maximum atomic E-state index is 14.6. The Bertz CT molecular complexity index is 1320. The number of hydrogen-bond acceptors (Lipinski definition) is 6. The number of halogens is 1. The molecular weight excluding hydrogens is 397 g/mol. The van der Waals surface area contributed by atoms with Crippen molar-refractivity contribution in [2.75, 3.05) is 12.0 Å². The van der Waals surface area contributed by atoms with E-state index in [9.17, 15) is 9.18 Å². The normalized spacial score (nSPS) is 15.2. The summed E-state index contributed by atoms with van der Waals surface area (Å²) in [5.41, 5.74) is 3.30. The summed E-state index contributed by atoms with van der Waals surface area (Å²) < 4.78 is 19.3. The number of ether oxygens (including phenoxy) is 1. The number of aromatic amines is 1. The van der Waals surface area contributed by atoms with Crippen LogP contribution in [0, 0.1) is 5.82 Å². The fraction of sp³-hybridized carbons (Fsp3) is 0.130. The van der Waals surface area contributed by atoms with Crippen LogP contribution in [0.2, 0.25) is 0 Å². The number of pyridine rings is 1. The summed E-state index contributed by atoms with van der Waals surface area (Å²) >= 11 is 0. The second kappa shape index (κ2) is 7.64. The minimum absolute atomic E-state index is 0.0940. The fourth-order valence-corrected chi connectivity index (χ4v) is 3.86. The third-order valence-electron chi connectivity index (χ3n) is 5.38. The summed E-state index contributed by atoms with van der Waals surface area (Å²) in [6.45, 7) is 0.539. The molecule has 7 nitrogen and oxygen atoms in total. The van der Waals surface area contributed by atoms with E-state index in [0.717, 1.165) is 22.3 Å². The maximum absolute atomic E-state index is 14.6. The SMILES string of the molecule is COC(=O)c1ccc(C2C=Cc3nn[nH]c3N2Cc2ccc3ncccc3c2)cc1F. The number of aromatic nitrogens is 4. The molecule has 1 unspecified atom stereocenters. The smallest absolute Gasteiger partial charge is 0.340 e. The first-order chi connectivity index (χ1) is 15.1. The van der Waals surface area contributed by atoms with Crippen molar-refractivity contribution < 1.29 is 13.9 Å². The van der Waals surface area contributed by atoms with Gasteiger partial charge >= 0.3 is 5.97 Å². The average molecular weight is 415 g/mol. The minimum atomic E-state index is -0.704. The number of methoxy groups -OCH3 is 1. The van der Waals surface area contributed by atoms with E-state index in [0.29, 0.717) is 17.8 Å². The van der Waals surface area contributed by atoms with Crippen LogP contribution < -0.4 is 4.90 Å². The number of anilines is 1. The molecule has 0 amide bonds. The molecule has 1 aliphatic rings. The van der Waals surface area contributed by atoms with Crippen molar-refractivity contribution in [2.45, 2.75) is 12.6 Å². The van der Waals surface area contributed by atoms with E-state index in [2.05, 4.69) is 36.1 Å². The lowest BCUT2D eigenvalue weighted by atomic mass is 9.98. The summed E-state index contributed by atoms with van der Waals surface area (Å²) in [5, 5.41) is 12.0. The molecular formula is C23H18FN5O2. The predicted molar refractivity (Wildman–Crippen MR) is 114 cm³/mol. The number of benzene rings is 2. The number of carbonyl (C=O) groups is 1. The molecule has 0 spiro atoms. The number of hydrogen-bond donors (Lipinski definition) is 1. The Kier molecular flexibility index (Phi) is 4.66. The zero-order chi connectivity index (χ0) is 21.4. The van der Waals surface area contributed by atoms with Gasteiger partial charge in [0.05, 0.1) is 24.2 Å². The van der Waals surface area contributed by atoms with E-state index in [1.54, 1.807) is 12.3 Å². The van der Waals surface area contributed by atoms with E-state index in [4.69, 9.17) is 0 Å². The number of nitrogens with zero attached hydrogens (tertiary/aromatic N) is 4. The van der Waals surface area contributed by atoms with Crippen LogP contribution in [0.25, 0.3) is 17.0 Å². The number of rotatable bonds is 4. The Balaban J connectivity index is 1.53. The van der Waals surface area contributed by atoms with Crippen molar-refractivity contribution in [2.24, 2.45) is 0 Å². The molecule has 2 aromatic carbocycles. The molecule has 31 heavy (non-hydrogen) atoms. The topological polar surface area (TPSA) is 84.0 Å². The summed E-state index contributed by atoms with van der Waals surface area (Å²) in [6, 6.07) is 14.3. The van der Waals surface area contributed by atoms with E-state index in [-0.39, 0.29) is 11.6 Å². The maximum Gasteiger partial charge on any atom is 0.340 e. The van der Waals surface area contributed by atoms with Gasteiger partial charge in [-0.15, -0.1) is 5.10 Å². The summed E-state index contributed by atoms with van der Waals surface area (Å²) in [7, 11) is 1.23. The monoisotopic (exact) mass is 415 g/mol. The quantitative estimate of drug-likeness (QED) is 0.506. The lowest BCUT2D eigenvalue weighted by Gasteiger charge is -2.33. The summed E-state index contributed by atoms with van der Waals surface area (Å²) in [6.07, 6.45) is 5.57. The molecule has 0 saturated carbocycles. The highest BCUT2D eigenvalue weighted by atomic mass is 19.1. The van der Waals surface area contributed by atoms with Crippen LogP contribution in [0.3, 0.4) is 0 Å². The zero-order valence-corrected chi connectivity index (χ0v) is 16.6. The Hall–Kier alpha value is -4.07. The van der Waals surface area contributed by atoms with Gasteiger partial charge in [0.2, 0.25) is 0 Å². The van der Waals surface area contributed by atoms with Gasteiger partial charge in [-0.1, -0.05) is 29.5 Å². The lowest BCUT2D eigenvalue weighted by Crippen LogP contribution is -2.30. The van der Waals surface area contributed by atoms with Crippen molar-refractivity contribution in [1.82, 2.24) is 20.4 Å². The molecule has 0 aliphatic carbocycles. The van der Waals surface area contributed by atoms with Crippen LogP contribution in [0.4, 0.5) is 10.2 Å². The van der Waals surface area contributed by atoms with Gasteiger partial charge < -0.3 is 9.64 Å². The number of nitrogens with one attached hydrogen (secondary N) is 1. The predicted octanol–water partition coefficient (Wildman–Crippen LogP) is 4.05. The highest BCUT2D eigenvalue weighted by molar-refractivity contribution is 5.89. The molecule has 3 heterocycles. The van der Waals surface area contributed by atoms with Crippen molar-refractivity contribution >= 4 is 28.8 Å². The molecule has 4 aromatic rings. The molecule has 8 heteroatoms. The van der Waals surface area contributed by atoms with Gasteiger partial charge in [-0.25, -0.2) is 14.3 Å². The molecule has 5 rings (SSSR count). The summed E-state index contributed by atoms with van der Waals surface area (Å²) in [5.74, 6) is -0.579. The van der Waals surface area contributed by atoms with Gasteiger partial charge in [0.1, 0.15) is 11.5 Å². The molecule has 1 N–H and O–H groups in total. The van der Waals surface area contributed by atoms with Gasteiger partial charge in [0.25, 0.3) is 0 Å². The van der Waals surface area contributed by atoms with Crippen LogP contribution in [0.1, 0.15) is 33.2 Å². The van der Waals surface area contributed by atoms with Crippen LogP contribution in [-0.4, -0.2) is 33.5 Å². The Morgan fingerprint density at radius 2 is 2.13 bits per heavy atom. The van der Waals surface area contributed by atoms with Gasteiger partial charge in [-0.2, -0.15) is 0 Å². The average Bonchev–Trinajstić information content (AvgIpc) is 3.28. The number of H-pyrrole nitrogens is 1. The minimum Gasteiger partial charge on any atom is -0.465 e. The Morgan fingerprint density at radius 3 is 2.97 bits per heavy atom. The second-order valence-electron chi connectivity index (χ2n) is 7.24. The molecule has 0 saturated heterocycles. The third kappa shape index (κ3) is 3.42. The van der Waals surface area contributed by atoms with Crippen LogP contribution in [0.15, 0.2) is 60.8 Å². The largest absolute Gasteiger partial charge is 0.465 e. The van der Waals surface area contributed by atoms with Gasteiger partial charge in [0, 0.05) is 18.1 Å². The Labute approximate surface area is 177 Å². The van der Waals surface area contributed by atoms with Crippen LogP contribution in [0.5, 0.6) is 0 Å². The van der Waals surface area contributed by atoms with E-state index in [1.165, 1.54) is 19.2 Å². The van der Waals surface area contributed by atoms with Crippen LogP contribution in [-0.2, 0) is 11.3 Å². The standard InChI is InChI=1S/C23H18FN5O2/c1-31-23(30)17-6-5-16(12-18(17)24)21-9-8-20-22(27-28-26-20)29(21)13-14-4-7-19-15(11-14)3-2-10-25-19/h2-12,21H,13H2,1H3,(H,26,27,28). The van der Waals surface area contributed by atoms with Gasteiger partial charge in [-0.3, -0.25) is 4.98 Å². The molecule has 154 valence electrons. The molecule has 2 aromatic heterocycles. The molecule has 1 atom stereocenters. The first kappa shape index (κ1) is 18.9. The first-order valence-electron chi connectivity index (χ1n) is 9.71. The number of fused-ring (bicyclic) bond motifs is 2.